The fourth-order valence-corrected chi connectivity index (χ4v) is 2.76. The lowest BCUT2D eigenvalue weighted by molar-refractivity contribution is 0.102. The van der Waals surface area contributed by atoms with E-state index in [9.17, 15) is 4.79 Å². The van der Waals surface area contributed by atoms with Crippen LogP contribution in [0.5, 0.6) is 0 Å². The molecule has 0 radical (unpaired) electrons. The summed E-state index contributed by atoms with van der Waals surface area (Å²) in [7, 11) is 0. The van der Waals surface area contributed by atoms with Crippen LogP contribution in [0.25, 0.3) is 0 Å². The third-order valence-electron chi connectivity index (χ3n) is 4.19. The zero-order chi connectivity index (χ0) is 19.8. The summed E-state index contributed by atoms with van der Waals surface area (Å²) in [6, 6.07) is 18.7. The van der Waals surface area contributed by atoms with E-state index in [1.54, 1.807) is 6.07 Å². The second-order valence-corrected chi connectivity index (χ2v) is 6.08. The van der Waals surface area contributed by atoms with E-state index < -0.39 is 0 Å². The van der Waals surface area contributed by atoms with E-state index >= 15 is 0 Å². The molecule has 1 amide bonds. The van der Waals surface area contributed by atoms with Gasteiger partial charge in [-0.3, -0.25) is 4.79 Å². The average Bonchev–Trinajstić information content (AvgIpc) is 2.74. The lowest BCUT2D eigenvalue weighted by atomic mass is 10.2. The Kier molecular flexibility index (Phi) is 6.54. The van der Waals surface area contributed by atoms with Crippen LogP contribution in [-0.4, -0.2) is 40.7 Å². The maximum Gasteiger partial charge on any atom is 0.274 e. The first-order chi connectivity index (χ1) is 13.7. The van der Waals surface area contributed by atoms with Crippen LogP contribution in [0.15, 0.2) is 67.0 Å². The molecule has 0 bridgehead atoms. The van der Waals surface area contributed by atoms with Crippen molar-refractivity contribution in [3.63, 3.8) is 0 Å². The predicted molar refractivity (Wildman–Crippen MR) is 111 cm³/mol. The maximum absolute atomic E-state index is 12.4. The van der Waals surface area contributed by atoms with Crippen LogP contribution in [0.4, 0.5) is 22.9 Å². The highest BCUT2D eigenvalue weighted by Gasteiger charge is 2.10. The van der Waals surface area contributed by atoms with E-state index in [1.807, 2.05) is 61.5 Å². The summed E-state index contributed by atoms with van der Waals surface area (Å²) in [6.45, 7) is 3.57. The van der Waals surface area contributed by atoms with Gasteiger partial charge in [0.25, 0.3) is 5.91 Å². The van der Waals surface area contributed by atoms with Crippen molar-refractivity contribution in [1.29, 1.82) is 0 Å². The molecule has 144 valence electrons. The Labute approximate surface area is 164 Å². The molecular formula is C21H23N5O2. The van der Waals surface area contributed by atoms with Crippen molar-refractivity contribution in [3.8, 4) is 0 Å². The monoisotopic (exact) mass is 377 g/mol. The number of para-hydroxylation sites is 1. The SMILES string of the molecule is CCN(CCO)c1ccc(Nc2cc(C(=O)Nc3ccccc3)ncn2)cc1. The molecule has 1 heterocycles. The van der Waals surface area contributed by atoms with Gasteiger partial charge in [0.2, 0.25) is 0 Å². The molecule has 0 fully saturated rings. The summed E-state index contributed by atoms with van der Waals surface area (Å²) < 4.78 is 0. The molecule has 0 aliphatic heterocycles. The predicted octanol–water partition coefficient (Wildman–Crippen LogP) is 3.29. The highest BCUT2D eigenvalue weighted by molar-refractivity contribution is 6.03. The van der Waals surface area contributed by atoms with Gasteiger partial charge in [0, 0.05) is 36.2 Å². The zero-order valence-corrected chi connectivity index (χ0v) is 15.7. The Hall–Kier alpha value is -3.45. The van der Waals surface area contributed by atoms with Crippen molar-refractivity contribution in [1.82, 2.24) is 9.97 Å². The normalized spacial score (nSPS) is 10.4. The molecular weight excluding hydrogens is 354 g/mol. The van der Waals surface area contributed by atoms with Crippen LogP contribution >= 0.6 is 0 Å². The van der Waals surface area contributed by atoms with Crippen molar-refractivity contribution < 1.29 is 9.90 Å². The average molecular weight is 377 g/mol. The molecule has 0 saturated carbocycles. The molecule has 1 aromatic heterocycles. The number of nitrogens with one attached hydrogen (secondary N) is 2. The molecule has 28 heavy (non-hydrogen) atoms. The van der Waals surface area contributed by atoms with Crippen LogP contribution in [0.2, 0.25) is 0 Å². The van der Waals surface area contributed by atoms with Gasteiger partial charge in [-0.1, -0.05) is 18.2 Å². The van der Waals surface area contributed by atoms with Crippen molar-refractivity contribution in [3.05, 3.63) is 72.7 Å². The van der Waals surface area contributed by atoms with Crippen LogP contribution in [0, 0.1) is 0 Å². The summed E-state index contributed by atoms with van der Waals surface area (Å²) >= 11 is 0. The smallest absolute Gasteiger partial charge is 0.274 e. The molecule has 7 nitrogen and oxygen atoms in total. The fourth-order valence-electron chi connectivity index (χ4n) is 2.76. The van der Waals surface area contributed by atoms with Gasteiger partial charge in [-0.05, 0) is 43.3 Å². The van der Waals surface area contributed by atoms with Gasteiger partial charge < -0.3 is 20.6 Å². The first kappa shape index (κ1) is 19.3. The Bertz CT molecular complexity index is 900. The molecule has 3 N–H and O–H groups in total. The van der Waals surface area contributed by atoms with E-state index in [1.165, 1.54) is 6.33 Å². The van der Waals surface area contributed by atoms with E-state index in [0.717, 1.165) is 17.9 Å². The quantitative estimate of drug-likeness (QED) is 0.558. The fraction of sp³-hybridized carbons (Fsp3) is 0.190. The summed E-state index contributed by atoms with van der Waals surface area (Å²) in [5.74, 6) is 0.234. The van der Waals surface area contributed by atoms with E-state index in [0.29, 0.717) is 18.1 Å². The van der Waals surface area contributed by atoms with E-state index in [4.69, 9.17) is 5.11 Å². The Morgan fingerprint density at radius 3 is 2.46 bits per heavy atom. The number of carbonyl (C=O) groups excluding carboxylic acids is 1. The van der Waals surface area contributed by atoms with Crippen LogP contribution in [0.3, 0.4) is 0 Å². The number of aliphatic hydroxyl groups excluding tert-OH is 1. The third kappa shape index (κ3) is 5.05. The minimum Gasteiger partial charge on any atom is -0.395 e. The molecule has 0 saturated heterocycles. The minimum atomic E-state index is -0.297. The van der Waals surface area contributed by atoms with E-state index in [2.05, 4.69) is 25.5 Å². The zero-order valence-electron chi connectivity index (χ0n) is 15.7. The third-order valence-corrected chi connectivity index (χ3v) is 4.19. The van der Waals surface area contributed by atoms with Crippen LogP contribution in [0.1, 0.15) is 17.4 Å². The maximum atomic E-state index is 12.4. The summed E-state index contributed by atoms with van der Waals surface area (Å²) in [4.78, 5) is 22.7. The van der Waals surface area contributed by atoms with Gasteiger partial charge >= 0.3 is 0 Å². The molecule has 0 atom stereocenters. The van der Waals surface area contributed by atoms with Gasteiger partial charge in [-0.25, -0.2) is 9.97 Å². The number of benzene rings is 2. The van der Waals surface area contributed by atoms with Crippen molar-refractivity contribution in [2.45, 2.75) is 6.92 Å². The highest BCUT2D eigenvalue weighted by atomic mass is 16.3. The summed E-state index contributed by atoms with van der Waals surface area (Å²) in [5, 5.41) is 15.1. The molecule has 3 rings (SSSR count). The number of hydrogen-bond donors (Lipinski definition) is 3. The molecule has 0 aliphatic rings. The summed E-state index contributed by atoms with van der Waals surface area (Å²) in [6.07, 6.45) is 1.36. The second-order valence-electron chi connectivity index (χ2n) is 6.08. The van der Waals surface area contributed by atoms with Crippen LogP contribution < -0.4 is 15.5 Å². The molecule has 0 aliphatic carbocycles. The van der Waals surface area contributed by atoms with Crippen LogP contribution in [-0.2, 0) is 0 Å². The van der Waals surface area contributed by atoms with Crippen molar-refractivity contribution in [2.75, 3.05) is 35.2 Å². The minimum absolute atomic E-state index is 0.114. The second kappa shape index (κ2) is 9.48. The molecule has 3 aromatic rings. The number of anilines is 4. The van der Waals surface area contributed by atoms with Gasteiger partial charge in [0.1, 0.15) is 17.8 Å². The van der Waals surface area contributed by atoms with E-state index in [-0.39, 0.29) is 18.2 Å². The number of nitrogens with zero attached hydrogens (tertiary/aromatic N) is 3. The van der Waals surface area contributed by atoms with Gasteiger partial charge in [-0.2, -0.15) is 0 Å². The van der Waals surface area contributed by atoms with Gasteiger partial charge in [-0.15, -0.1) is 0 Å². The number of aliphatic hydroxyl groups is 1. The topological polar surface area (TPSA) is 90.4 Å². The molecule has 2 aromatic carbocycles. The van der Waals surface area contributed by atoms with Crippen molar-refractivity contribution >= 4 is 28.8 Å². The van der Waals surface area contributed by atoms with Gasteiger partial charge in [0.05, 0.1) is 6.61 Å². The number of amides is 1. The number of likely N-dealkylation sites (N-methyl/N-ethyl adjacent to an activating group) is 1. The lowest BCUT2D eigenvalue weighted by Crippen LogP contribution is -2.25. The first-order valence-corrected chi connectivity index (χ1v) is 9.11. The Balaban J connectivity index is 1.68. The van der Waals surface area contributed by atoms with Crippen molar-refractivity contribution in [2.24, 2.45) is 0 Å². The summed E-state index contributed by atoms with van der Waals surface area (Å²) in [5.41, 5.74) is 2.86. The van der Waals surface area contributed by atoms with Gasteiger partial charge in [0.15, 0.2) is 0 Å². The first-order valence-electron chi connectivity index (χ1n) is 9.11. The number of hydrogen-bond acceptors (Lipinski definition) is 6. The number of carbonyl (C=O) groups is 1. The number of aromatic nitrogens is 2. The molecule has 0 unspecified atom stereocenters. The molecule has 0 spiro atoms. The largest absolute Gasteiger partial charge is 0.395 e. The Morgan fingerprint density at radius 1 is 1.04 bits per heavy atom. The Morgan fingerprint density at radius 2 is 1.79 bits per heavy atom. The number of rotatable bonds is 8. The highest BCUT2D eigenvalue weighted by Crippen LogP contribution is 2.20. The lowest BCUT2D eigenvalue weighted by Gasteiger charge is -2.22. The standard InChI is InChI=1S/C21H23N5O2/c1-2-26(12-13-27)18-10-8-17(9-11-18)24-20-14-19(22-15-23-20)21(28)25-16-6-4-3-5-7-16/h3-11,14-15,27H,2,12-13H2,1H3,(H,25,28)(H,22,23,24). The molecule has 7 heteroatoms.